The first-order chi connectivity index (χ1) is 9.97. The SMILES string of the molecule is O=C(O)c1cccc(NCc2ccc(Br)c([N+](=O)[O-])c2)c1. The minimum atomic E-state index is -1.00. The number of rotatable bonds is 5. The number of carboxylic acids is 1. The Kier molecular flexibility index (Phi) is 4.54. The molecule has 2 aromatic carbocycles. The second kappa shape index (κ2) is 6.36. The van der Waals surface area contributed by atoms with E-state index in [1.807, 2.05) is 0 Å². The molecule has 7 heteroatoms. The van der Waals surface area contributed by atoms with Crippen molar-refractivity contribution in [2.24, 2.45) is 0 Å². The molecule has 0 aliphatic rings. The number of nitro groups is 1. The van der Waals surface area contributed by atoms with Gasteiger partial charge in [-0.15, -0.1) is 0 Å². The number of carboxylic acid groups (broad SMARTS) is 1. The van der Waals surface area contributed by atoms with Crippen LogP contribution in [0.3, 0.4) is 0 Å². The second-order valence-corrected chi connectivity index (χ2v) is 5.14. The molecule has 0 amide bonds. The van der Waals surface area contributed by atoms with E-state index in [0.717, 1.165) is 5.56 Å². The van der Waals surface area contributed by atoms with Gasteiger partial charge in [0.2, 0.25) is 0 Å². The highest BCUT2D eigenvalue weighted by Crippen LogP contribution is 2.26. The third-order valence-electron chi connectivity index (χ3n) is 2.81. The molecular weight excluding hydrogens is 340 g/mol. The van der Waals surface area contributed by atoms with Crippen molar-refractivity contribution < 1.29 is 14.8 Å². The molecule has 0 bridgehead atoms. The summed E-state index contributed by atoms with van der Waals surface area (Å²) in [6.07, 6.45) is 0. The molecule has 0 spiro atoms. The maximum atomic E-state index is 10.9. The zero-order valence-electron chi connectivity index (χ0n) is 10.7. The van der Waals surface area contributed by atoms with Gasteiger partial charge in [0.1, 0.15) is 0 Å². The van der Waals surface area contributed by atoms with Crippen LogP contribution in [-0.2, 0) is 6.54 Å². The van der Waals surface area contributed by atoms with Crippen LogP contribution in [0.2, 0.25) is 0 Å². The van der Waals surface area contributed by atoms with Crippen LogP contribution < -0.4 is 5.32 Å². The van der Waals surface area contributed by atoms with Crippen LogP contribution in [0.15, 0.2) is 46.9 Å². The predicted octanol–water partition coefficient (Wildman–Crippen LogP) is 3.67. The molecule has 0 aliphatic heterocycles. The number of nitrogens with one attached hydrogen (secondary N) is 1. The fourth-order valence-electron chi connectivity index (χ4n) is 1.77. The Morgan fingerprint density at radius 3 is 2.71 bits per heavy atom. The van der Waals surface area contributed by atoms with Gasteiger partial charge in [-0.25, -0.2) is 4.79 Å². The molecule has 6 nitrogen and oxygen atoms in total. The minimum absolute atomic E-state index is 0.00594. The van der Waals surface area contributed by atoms with Gasteiger partial charge in [-0.05, 0) is 45.8 Å². The van der Waals surface area contributed by atoms with Crippen LogP contribution in [0.25, 0.3) is 0 Å². The molecule has 2 aromatic rings. The summed E-state index contributed by atoms with van der Waals surface area (Å²) in [4.78, 5) is 21.3. The van der Waals surface area contributed by atoms with Gasteiger partial charge in [0.05, 0.1) is 15.0 Å². The molecule has 0 fully saturated rings. The summed E-state index contributed by atoms with van der Waals surface area (Å²) in [7, 11) is 0. The Labute approximate surface area is 128 Å². The first kappa shape index (κ1) is 15.0. The van der Waals surface area contributed by atoms with Crippen LogP contribution in [0, 0.1) is 10.1 Å². The molecule has 2 N–H and O–H groups in total. The van der Waals surface area contributed by atoms with E-state index >= 15 is 0 Å². The largest absolute Gasteiger partial charge is 0.478 e. The van der Waals surface area contributed by atoms with Crippen LogP contribution in [-0.4, -0.2) is 16.0 Å². The molecule has 0 saturated carbocycles. The fourth-order valence-corrected chi connectivity index (χ4v) is 2.17. The van der Waals surface area contributed by atoms with E-state index in [2.05, 4.69) is 21.2 Å². The van der Waals surface area contributed by atoms with Gasteiger partial charge in [0, 0.05) is 18.3 Å². The Balaban J connectivity index is 2.13. The van der Waals surface area contributed by atoms with Crippen LogP contribution in [0.1, 0.15) is 15.9 Å². The molecule has 0 aliphatic carbocycles. The maximum absolute atomic E-state index is 10.9. The quantitative estimate of drug-likeness (QED) is 0.633. The summed E-state index contributed by atoms with van der Waals surface area (Å²) in [5.74, 6) is -1.00. The van der Waals surface area contributed by atoms with E-state index in [9.17, 15) is 14.9 Å². The average Bonchev–Trinajstić information content (AvgIpc) is 2.46. The van der Waals surface area contributed by atoms with Crippen molar-refractivity contribution in [3.63, 3.8) is 0 Å². The van der Waals surface area contributed by atoms with Crippen molar-refractivity contribution >= 4 is 33.3 Å². The Morgan fingerprint density at radius 2 is 2.05 bits per heavy atom. The number of benzene rings is 2. The summed E-state index contributed by atoms with van der Waals surface area (Å²) in [6, 6.07) is 11.2. The Hall–Kier alpha value is -2.41. The lowest BCUT2D eigenvalue weighted by Crippen LogP contribution is -2.02. The van der Waals surface area contributed by atoms with Crippen molar-refractivity contribution in [3.05, 3.63) is 68.2 Å². The van der Waals surface area contributed by atoms with Crippen molar-refractivity contribution in [2.45, 2.75) is 6.54 Å². The lowest BCUT2D eigenvalue weighted by atomic mass is 10.1. The number of halogens is 1. The predicted molar refractivity (Wildman–Crippen MR) is 81.5 cm³/mol. The maximum Gasteiger partial charge on any atom is 0.335 e. The summed E-state index contributed by atoms with van der Waals surface area (Å²) in [5, 5.41) is 22.8. The number of hydrogen-bond acceptors (Lipinski definition) is 4. The van der Waals surface area contributed by atoms with Gasteiger partial charge in [-0.3, -0.25) is 10.1 Å². The van der Waals surface area contributed by atoms with Gasteiger partial charge in [0.15, 0.2) is 0 Å². The van der Waals surface area contributed by atoms with Crippen LogP contribution in [0.5, 0.6) is 0 Å². The van der Waals surface area contributed by atoms with E-state index in [0.29, 0.717) is 16.7 Å². The van der Waals surface area contributed by atoms with E-state index in [1.165, 1.54) is 18.2 Å². The van der Waals surface area contributed by atoms with Gasteiger partial charge in [-0.2, -0.15) is 0 Å². The van der Waals surface area contributed by atoms with E-state index in [1.54, 1.807) is 24.3 Å². The Bertz CT molecular complexity index is 703. The van der Waals surface area contributed by atoms with Crippen molar-refractivity contribution in [1.82, 2.24) is 0 Å². The smallest absolute Gasteiger partial charge is 0.335 e. The lowest BCUT2D eigenvalue weighted by Gasteiger charge is -2.07. The first-order valence-electron chi connectivity index (χ1n) is 5.97. The van der Waals surface area contributed by atoms with Crippen LogP contribution in [0.4, 0.5) is 11.4 Å². The summed E-state index contributed by atoms with van der Waals surface area (Å²) in [5.41, 5.74) is 1.54. The number of hydrogen-bond donors (Lipinski definition) is 2. The standard InChI is InChI=1S/C14H11BrN2O4/c15-12-5-4-9(6-13(12)17(20)21)8-16-11-3-1-2-10(7-11)14(18)19/h1-7,16H,8H2,(H,18,19). The van der Waals surface area contributed by atoms with Gasteiger partial charge in [-0.1, -0.05) is 12.1 Å². The molecule has 21 heavy (non-hydrogen) atoms. The summed E-state index contributed by atoms with van der Waals surface area (Å²) >= 11 is 3.13. The van der Waals surface area contributed by atoms with Gasteiger partial charge >= 0.3 is 5.97 Å². The zero-order valence-corrected chi connectivity index (χ0v) is 12.3. The molecule has 0 heterocycles. The van der Waals surface area contributed by atoms with E-state index < -0.39 is 10.9 Å². The molecular formula is C14H11BrN2O4. The molecule has 108 valence electrons. The fraction of sp³-hybridized carbons (Fsp3) is 0.0714. The number of aromatic carboxylic acids is 1. The molecule has 0 saturated heterocycles. The first-order valence-corrected chi connectivity index (χ1v) is 6.76. The topological polar surface area (TPSA) is 92.5 Å². The average molecular weight is 351 g/mol. The second-order valence-electron chi connectivity index (χ2n) is 4.28. The van der Waals surface area contributed by atoms with E-state index in [-0.39, 0.29) is 11.3 Å². The number of nitrogens with zero attached hydrogens (tertiary/aromatic N) is 1. The highest BCUT2D eigenvalue weighted by Gasteiger charge is 2.12. The molecule has 2 rings (SSSR count). The normalized spacial score (nSPS) is 10.1. The van der Waals surface area contributed by atoms with Crippen molar-refractivity contribution in [1.29, 1.82) is 0 Å². The van der Waals surface area contributed by atoms with Crippen molar-refractivity contribution in [2.75, 3.05) is 5.32 Å². The third-order valence-corrected chi connectivity index (χ3v) is 3.48. The third kappa shape index (κ3) is 3.79. The minimum Gasteiger partial charge on any atom is -0.478 e. The summed E-state index contributed by atoms with van der Waals surface area (Å²) in [6.45, 7) is 0.358. The molecule has 0 unspecified atom stereocenters. The van der Waals surface area contributed by atoms with Crippen molar-refractivity contribution in [3.8, 4) is 0 Å². The molecule has 0 aromatic heterocycles. The van der Waals surface area contributed by atoms with Gasteiger partial charge < -0.3 is 10.4 Å². The number of carbonyl (C=O) groups is 1. The van der Waals surface area contributed by atoms with Gasteiger partial charge in [0.25, 0.3) is 5.69 Å². The summed E-state index contributed by atoms with van der Waals surface area (Å²) < 4.78 is 0.420. The highest BCUT2D eigenvalue weighted by atomic mass is 79.9. The highest BCUT2D eigenvalue weighted by molar-refractivity contribution is 9.10. The Morgan fingerprint density at radius 1 is 1.29 bits per heavy atom. The molecule has 0 radical (unpaired) electrons. The monoisotopic (exact) mass is 350 g/mol. The lowest BCUT2D eigenvalue weighted by molar-refractivity contribution is -0.385. The van der Waals surface area contributed by atoms with Crippen LogP contribution >= 0.6 is 15.9 Å². The molecule has 0 atom stereocenters. The zero-order chi connectivity index (χ0) is 15.4. The number of anilines is 1. The van der Waals surface area contributed by atoms with E-state index in [4.69, 9.17) is 5.11 Å². The number of nitro benzene ring substituents is 1.